The summed E-state index contributed by atoms with van der Waals surface area (Å²) in [5.74, 6) is 6.18. The van der Waals surface area contributed by atoms with Gasteiger partial charge in [-0.1, -0.05) is 6.07 Å². The van der Waals surface area contributed by atoms with E-state index >= 15 is 0 Å². The van der Waals surface area contributed by atoms with Gasteiger partial charge in [-0.15, -0.1) is 0 Å². The Morgan fingerprint density at radius 1 is 1.38 bits per heavy atom. The number of aryl methyl sites for hydroxylation is 2. The molecule has 0 aliphatic rings. The molecule has 0 aliphatic heterocycles. The minimum absolute atomic E-state index is 0.634. The maximum atomic E-state index is 5.29. The SMILES string of the molecule is COc1cc(C)cc(C)c1CNN. The maximum Gasteiger partial charge on any atom is 0.123 e. The Kier molecular flexibility index (Phi) is 3.28. The zero-order chi connectivity index (χ0) is 9.84. The average molecular weight is 180 g/mol. The van der Waals surface area contributed by atoms with Gasteiger partial charge in [0.05, 0.1) is 7.11 Å². The van der Waals surface area contributed by atoms with E-state index in [0.29, 0.717) is 6.54 Å². The number of nitrogens with two attached hydrogens (primary N) is 1. The molecule has 0 aliphatic carbocycles. The van der Waals surface area contributed by atoms with Gasteiger partial charge in [0.1, 0.15) is 5.75 Å². The second-order valence-electron chi connectivity index (χ2n) is 3.14. The number of nitrogens with one attached hydrogen (secondary N) is 1. The van der Waals surface area contributed by atoms with Crippen molar-refractivity contribution in [1.82, 2.24) is 5.43 Å². The Morgan fingerprint density at radius 3 is 2.62 bits per heavy atom. The second kappa shape index (κ2) is 4.25. The van der Waals surface area contributed by atoms with Crippen molar-refractivity contribution in [3.63, 3.8) is 0 Å². The van der Waals surface area contributed by atoms with E-state index in [0.717, 1.165) is 11.3 Å². The van der Waals surface area contributed by atoms with Crippen LogP contribution in [0.4, 0.5) is 0 Å². The molecule has 3 heteroatoms. The third kappa shape index (κ3) is 2.20. The van der Waals surface area contributed by atoms with E-state index in [4.69, 9.17) is 10.6 Å². The van der Waals surface area contributed by atoms with Crippen molar-refractivity contribution in [2.75, 3.05) is 7.11 Å². The number of rotatable bonds is 3. The van der Waals surface area contributed by atoms with E-state index in [2.05, 4.69) is 25.3 Å². The fourth-order valence-corrected chi connectivity index (χ4v) is 1.47. The normalized spacial score (nSPS) is 10.2. The molecule has 0 radical (unpaired) electrons. The lowest BCUT2D eigenvalue weighted by Gasteiger charge is -2.12. The predicted octanol–water partition coefficient (Wildman–Crippen LogP) is 1.28. The molecule has 0 atom stereocenters. The number of benzene rings is 1. The third-order valence-electron chi connectivity index (χ3n) is 2.08. The molecule has 72 valence electrons. The van der Waals surface area contributed by atoms with Crippen molar-refractivity contribution in [2.45, 2.75) is 20.4 Å². The largest absolute Gasteiger partial charge is 0.496 e. The Bertz CT molecular complexity index is 297. The van der Waals surface area contributed by atoms with Crippen LogP contribution in [0.5, 0.6) is 5.75 Å². The molecule has 1 aromatic rings. The van der Waals surface area contributed by atoms with E-state index < -0.39 is 0 Å². The summed E-state index contributed by atoms with van der Waals surface area (Å²) in [7, 11) is 1.67. The highest BCUT2D eigenvalue weighted by Gasteiger charge is 2.05. The van der Waals surface area contributed by atoms with E-state index in [-0.39, 0.29) is 0 Å². The first kappa shape index (κ1) is 10.0. The Hall–Kier alpha value is -1.06. The fraction of sp³-hybridized carbons (Fsp3) is 0.400. The van der Waals surface area contributed by atoms with Crippen molar-refractivity contribution in [3.05, 3.63) is 28.8 Å². The molecule has 0 heterocycles. The zero-order valence-electron chi connectivity index (χ0n) is 8.35. The molecule has 0 fully saturated rings. The summed E-state index contributed by atoms with van der Waals surface area (Å²) >= 11 is 0. The average Bonchev–Trinajstić information content (AvgIpc) is 2.09. The van der Waals surface area contributed by atoms with Gasteiger partial charge in [-0.25, -0.2) is 0 Å². The highest BCUT2D eigenvalue weighted by Crippen LogP contribution is 2.23. The van der Waals surface area contributed by atoms with Crippen molar-refractivity contribution in [3.8, 4) is 5.75 Å². The maximum absolute atomic E-state index is 5.29. The summed E-state index contributed by atoms with van der Waals surface area (Å²) in [6, 6.07) is 4.13. The minimum atomic E-state index is 0.634. The summed E-state index contributed by atoms with van der Waals surface area (Å²) in [5.41, 5.74) is 6.17. The van der Waals surface area contributed by atoms with Gasteiger partial charge in [0, 0.05) is 12.1 Å². The standard InChI is InChI=1S/C10H16N2O/c1-7-4-8(2)9(6-12-11)10(5-7)13-3/h4-5,12H,6,11H2,1-3H3. The zero-order valence-corrected chi connectivity index (χ0v) is 8.35. The van der Waals surface area contributed by atoms with Crippen LogP contribution in [0.2, 0.25) is 0 Å². The van der Waals surface area contributed by atoms with Crippen molar-refractivity contribution >= 4 is 0 Å². The molecule has 3 N–H and O–H groups in total. The van der Waals surface area contributed by atoms with Gasteiger partial charge >= 0.3 is 0 Å². The van der Waals surface area contributed by atoms with Crippen LogP contribution in [0.25, 0.3) is 0 Å². The molecule has 1 rings (SSSR count). The molecule has 0 aromatic heterocycles. The lowest BCUT2D eigenvalue weighted by atomic mass is 10.0. The summed E-state index contributed by atoms with van der Waals surface area (Å²) in [6.07, 6.45) is 0. The van der Waals surface area contributed by atoms with Crippen molar-refractivity contribution in [2.24, 2.45) is 5.84 Å². The highest BCUT2D eigenvalue weighted by molar-refractivity contribution is 5.42. The lowest BCUT2D eigenvalue weighted by molar-refractivity contribution is 0.407. The molecule has 0 spiro atoms. The molecule has 0 unspecified atom stereocenters. The van der Waals surface area contributed by atoms with E-state index in [1.807, 2.05) is 6.07 Å². The second-order valence-corrected chi connectivity index (χ2v) is 3.14. The predicted molar refractivity (Wildman–Crippen MR) is 53.5 cm³/mol. The quantitative estimate of drug-likeness (QED) is 0.544. The topological polar surface area (TPSA) is 47.3 Å². The number of methoxy groups -OCH3 is 1. The van der Waals surface area contributed by atoms with Crippen LogP contribution in [0.1, 0.15) is 16.7 Å². The molecule has 0 saturated carbocycles. The number of ether oxygens (including phenoxy) is 1. The van der Waals surface area contributed by atoms with E-state index in [1.54, 1.807) is 7.11 Å². The van der Waals surface area contributed by atoms with Gasteiger partial charge in [0.15, 0.2) is 0 Å². The van der Waals surface area contributed by atoms with Crippen LogP contribution < -0.4 is 16.0 Å². The summed E-state index contributed by atoms with van der Waals surface area (Å²) in [4.78, 5) is 0. The van der Waals surface area contributed by atoms with Crippen molar-refractivity contribution < 1.29 is 4.74 Å². The van der Waals surface area contributed by atoms with Gasteiger partial charge in [-0.3, -0.25) is 11.3 Å². The molecule has 0 saturated heterocycles. The first-order chi connectivity index (χ1) is 6.19. The number of hydrazine groups is 1. The number of hydrogen-bond acceptors (Lipinski definition) is 3. The van der Waals surface area contributed by atoms with Crippen LogP contribution >= 0.6 is 0 Å². The Balaban J connectivity index is 3.13. The first-order valence-corrected chi connectivity index (χ1v) is 4.26. The van der Waals surface area contributed by atoms with Crippen molar-refractivity contribution in [1.29, 1.82) is 0 Å². The molecule has 13 heavy (non-hydrogen) atoms. The monoisotopic (exact) mass is 180 g/mol. The first-order valence-electron chi connectivity index (χ1n) is 4.26. The molecule has 3 nitrogen and oxygen atoms in total. The fourth-order valence-electron chi connectivity index (χ4n) is 1.47. The van der Waals surface area contributed by atoms with Gasteiger partial charge in [-0.05, 0) is 31.0 Å². The van der Waals surface area contributed by atoms with Crippen LogP contribution in [-0.2, 0) is 6.54 Å². The number of hydrogen-bond donors (Lipinski definition) is 2. The summed E-state index contributed by atoms with van der Waals surface area (Å²) in [6.45, 7) is 4.74. The van der Waals surface area contributed by atoms with Crippen LogP contribution in [0.3, 0.4) is 0 Å². The summed E-state index contributed by atoms with van der Waals surface area (Å²) in [5, 5.41) is 0. The molecule has 0 bridgehead atoms. The molecular formula is C10H16N2O. The molecule has 1 aromatic carbocycles. The van der Waals surface area contributed by atoms with Gasteiger partial charge in [0.25, 0.3) is 0 Å². The van der Waals surface area contributed by atoms with Gasteiger partial charge < -0.3 is 4.74 Å². The lowest BCUT2D eigenvalue weighted by Crippen LogP contribution is -2.21. The highest BCUT2D eigenvalue weighted by atomic mass is 16.5. The minimum Gasteiger partial charge on any atom is -0.496 e. The summed E-state index contributed by atoms with van der Waals surface area (Å²) < 4.78 is 5.26. The Labute approximate surface area is 78.9 Å². The Morgan fingerprint density at radius 2 is 2.08 bits per heavy atom. The third-order valence-corrected chi connectivity index (χ3v) is 2.08. The van der Waals surface area contributed by atoms with Gasteiger partial charge in [-0.2, -0.15) is 0 Å². The van der Waals surface area contributed by atoms with E-state index in [1.165, 1.54) is 11.1 Å². The smallest absolute Gasteiger partial charge is 0.123 e. The van der Waals surface area contributed by atoms with Crippen LogP contribution in [-0.4, -0.2) is 7.11 Å². The van der Waals surface area contributed by atoms with E-state index in [9.17, 15) is 0 Å². The van der Waals surface area contributed by atoms with Gasteiger partial charge in [0.2, 0.25) is 0 Å². The molecular weight excluding hydrogens is 164 g/mol. The molecule has 0 amide bonds. The van der Waals surface area contributed by atoms with Crippen LogP contribution in [0.15, 0.2) is 12.1 Å². The van der Waals surface area contributed by atoms with Crippen LogP contribution in [0, 0.1) is 13.8 Å².